The van der Waals surface area contributed by atoms with Gasteiger partial charge in [0.15, 0.2) is 0 Å². The highest BCUT2D eigenvalue weighted by Crippen LogP contribution is 2.33. The first-order valence-corrected chi connectivity index (χ1v) is 8.69. The number of benzene rings is 1. The minimum Gasteiger partial charge on any atom is -0.491 e. The van der Waals surface area contributed by atoms with Gasteiger partial charge in [-0.05, 0) is 37.0 Å². The molecule has 1 N–H and O–H groups in total. The summed E-state index contributed by atoms with van der Waals surface area (Å²) in [5.41, 5.74) is -0.0956. The van der Waals surface area contributed by atoms with Gasteiger partial charge in [-0.25, -0.2) is 4.79 Å². The Labute approximate surface area is 150 Å². The molecule has 3 rings (SSSR count). The SMILES string of the molecule is CCc1ccc(OCC(O)Cn2c(=O)c(C#N)cn(C3CC3)c2=O)cc1. The first kappa shape index (κ1) is 18.0. The topological polar surface area (TPSA) is 97.2 Å². The second kappa shape index (κ2) is 7.58. The zero-order valence-corrected chi connectivity index (χ0v) is 14.6. The standard InChI is InChI=1S/C19H21N3O4/c1-2-13-3-7-17(8-4-13)26-12-16(23)11-22-18(24)14(9-20)10-21(19(22)25)15-5-6-15/h3-4,7-8,10,15-16,23H,2,5-6,11-12H2,1H3. The van der Waals surface area contributed by atoms with Crippen LogP contribution < -0.4 is 16.0 Å². The summed E-state index contributed by atoms with van der Waals surface area (Å²) < 4.78 is 7.86. The van der Waals surface area contributed by atoms with Gasteiger partial charge < -0.3 is 9.84 Å². The van der Waals surface area contributed by atoms with Gasteiger partial charge in [-0.1, -0.05) is 19.1 Å². The summed E-state index contributed by atoms with van der Waals surface area (Å²) in [6, 6.07) is 9.37. The average molecular weight is 355 g/mol. The van der Waals surface area contributed by atoms with Crippen molar-refractivity contribution in [1.29, 1.82) is 5.26 Å². The second-order valence-corrected chi connectivity index (χ2v) is 6.45. The third kappa shape index (κ3) is 3.86. The number of rotatable bonds is 7. The number of ether oxygens (including phenoxy) is 1. The molecule has 26 heavy (non-hydrogen) atoms. The van der Waals surface area contributed by atoms with Crippen LogP contribution >= 0.6 is 0 Å². The van der Waals surface area contributed by atoms with Crippen molar-refractivity contribution in [3.05, 3.63) is 62.4 Å². The Kier molecular flexibility index (Phi) is 5.24. The lowest BCUT2D eigenvalue weighted by molar-refractivity contribution is 0.0899. The average Bonchev–Trinajstić information content (AvgIpc) is 3.49. The molecule has 0 aliphatic heterocycles. The van der Waals surface area contributed by atoms with Gasteiger partial charge in [0, 0.05) is 12.2 Å². The number of nitriles is 1. The molecule has 0 saturated heterocycles. The molecule has 2 aromatic rings. The third-order valence-corrected chi connectivity index (χ3v) is 4.42. The van der Waals surface area contributed by atoms with Gasteiger partial charge in [-0.15, -0.1) is 0 Å². The molecule has 0 bridgehead atoms. The highest BCUT2D eigenvalue weighted by molar-refractivity contribution is 5.27. The Hall–Kier alpha value is -2.85. The molecule has 1 aliphatic carbocycles. The highest BCUT2D eigenvalue weighted by Gasteiger charge is 2.27. The van der Waals surface area contributed by atoms with Gasteiger partial charge in [0.2, 0.25) is 0 Å². The number of aliphatic hydroxyl groups is 1. The molecule has 1 aromatic heterocycles. The first-order chi connectivity index (χ1) is 12.5. The molecule has 0 radical (unpaired) electrons. The molecular weight excluding hydrogens is 334 g/mol. The maximum absolute atomic E-state index is 12.5. The van der Waals surface area contributed by atoms with E-state index in [0.717, 1.165) is 23.8 Å². The smallest absolute Gasteiger partial charge is 0.331 e. The van der Waals surface area contributed by atoms with Crippen molar-refractivity contribution in [1.82, 2.24) is 9.13 Å². The van der Waals surface area contributed by atoms with Crippen molar-refractivity contribution in [2.45, 2.75) is 44.9 Å². The molecule has 1 aromatic carbocycles. The summed E-state index contributed by atoms with van der Waals surface area (Å²) in [6.45, 7) is 1.78. The molecule has 1 fully saturated rings. The number of hydrogen-bond acceptors (Lipinski definition) is 5. The van der Waals surface area contributed by atoms with E-state index in [1.807, 2.05) is 30.3 Å². The van der Waals surface area contributed by atoms with Crippen LogP contribution in [0.5, 0.6) is 5.75 Å². The fourth-order valence-electron chi connectivity index (χ4n) is 2.75. The number of aliphatic hydroxyl groups excluding tert-OH is 1. The lowest BCUT2D eigenvalue weighted by atomic mass is 10.2. The van der Waals surface area contributed by atoms with E-state index in [0.29, 0.717) is 5.75 Å². The van der Waals surface area contributed by atoms with Crippen LogP contribution in [-0.2, 0) is 13.0 Å². The Bertz CT molecular complexity index is 933. The fraction of sp³-hybridized carbons (Fsp3) is 0.421. The molecule has 7 heteroatoms. The zero-order chi connectivity index (χ0) is 18.7. The van der Waals surface area contributed by atoms with Crippen LogP contribution in [-0.4, -0.2) is 27.0 Å². The predicted octanol–water partition coefficient (Wildman–Crippen LogP) is 1.22. The summed E-state index contributed by atoms with van der Waals surface area (Å²) in [5, 5.41) is 19.3. The Morgan fingerprint density at radius 3 is 2.58 bits per heavy atom. The van der Waals surface area contributed by atoms with Crippen LogP contribution in [0.2, 0.25) is 0 Å². The highest BCUT2D eigenvalue weighted by atomic mass is 16.5. The minimum atomic E-state index is -1.05. The van der Waals surface area contributed by atoms with Crippen LogP contribution in [0.1, 0.15) is 36.9 Å². The minimum absolute atomic E-state index is 0.0342. The summed E-state index contributed by atoms with van der Waals surface area (Å²) in [6.07, 6.45) is 2.89. The molecule has 0 spiro atoms. The van der Waals surface area contributed by atoms with Gasteiger partial charge in [0.1, 0.15) is 30.1 Å². The van der Waals surface area contributed by atoms with Crippen LogP contribution in [0.3, 0.4) is 0 Å². The monoisotopic (exact) mass is 355 g/mol. The fourth-order valence-corrected chi connectivity index (χ4v) is 2.75. The van der Waals surface area contributed by atoms with Crippen molar-refractivity contribution >= 4 is 0 Å². The van der Waals surface area contributed by atoms with Gasteiger partial charge in [0.05, 0.1) is 6.54 Å². The van der Waals surface area contributed by atoms with E-state index in [2.05, 4.69) is 6.92 Å². The molecule has 0 amide bonds. The summed E-state index contributed by atoms with van der Waals surface area (Å²) in [7, 11) is 0. The molecule has 136 valence electrons. The molecule has 1 unspecified atom stereocenters. The number of aromatic nitrogens is 2. The van der Waals surface area contributed by atoms with E-state index in [9.17, 15) is 14.7 Å². The Morgan fingerprint density at radius 1 is 1.31 bits per heavy atom. The zero-order valence-electron chi connectivity index (χ0n) is 14.6. The first-order valence-electron chi connectivity index (χ1n) is 8.69. The molecule has 1 atom stereocenters. The normalized spacial score (nSPS) is 14.7. The van der Waals surface area contributed by atoms with Gasteiger partial charge >= 0.3 is 5.69 Å². The maximum Gasteiger partial charge on any atom is 0.331 e. The predicted molar refractivity (Wildman–Crippen MR) is 95.3 cm³/mol. The summed E-state index contributed by atoms with van der Waals surface area (Å²) in [4.78, 5) is 24.8. The molecule has 1 saturated carbocycles. The Morgan fingerprint density at radius 2 is 2.00 bits per heavy atom. The van der Waals surface area contributed by atoms with Gasteiger partial charge in [-0.2, -0.15) is 5.26 Å². The van der Waals surface area contributed by atoms with Gasteiger partial charge in [-0.3, -0.25) is 13.9 Å². The number of aryl methyl sites for hydroxylation is 1. The maximum atomic E-state index is 12.5. The lowest BCUT2D eigenvalue weighted by Gasteiger charge is -2.15. The van der Waals surface area contributed by atoms with E-state index in [-0.39, 0.29) is 24.8 Å². The quantitative estimate of drug-likeness (QED) is 0.805. The largest absolute Gasteiger partial charge is 0.491 e. The van der Waals surface area contributed by atoms with Gasteiger partial charge in [0.25, 0.3) is 5.56 Å². The van der Waals surface area contributed by atoms with Crippen molar-refractivity contribution in [2.75, 3.05) is 6.61 Å². The van der Waals surface area contributed by atoms with E-state index >= 15 is 0 Å². The second-order valence-electron chi connectivity index (χ2n) is 6.45. The van der Waals surface area contributed by atoms with Crippen molar-refractivity contribution in [2.24, 2.45) is 0 Å². The van der Waals surface area contributed by atoms with Crippen molar-refractivity contribution < 1.29 is 9.84 Å². The van der Waals surface area contributed by atoms with Crippen LogP contribution in [0, 0.1) is 11.3 Å². The van der Waals surface area contributed by atoms with E-state index in [4.69, 9.17) is 10.00 Å². The number of nitrogens with zero attached hydrogens (tertiary/aromatic N) is 3. The van der Waals surface area contributed by atoms with E-state index in [1.54, 1.807) is 0 Å². The van der Waals surface area contributed by atoms with E-state index < -0.39 is 17.4 Å². The summed E-state index contributed by atoms with van der Waals surface area (Å²) in [5.74, 6) is 0.606. The van der Waals surface area contributed by atoms with Crippen LogP contribution in [0.4, 0.5) is 0 Å². The van der Waals surface area contributed by atoms with Crippen LogP contribution in [0.15, 0.2) is 40.1 Å². The Balaban J connectivity index is 1.73. The van der Waals surface area contributed by atoms with Crippen LogP contribution in [0.25, 0.3) is 0 Å². The third-order valence-electron chi connectivity index (χ3n) is 4.42. The molecular formula is C19H21N3O4. The summed E-state index contributed by atoms with van der Waals surface area (Å²) >= 11 is 0. The molecule has 1 heterocycles. The van der Waals surface area contributed by atoms with E-state index in [1.165, 1.54) is 16.3 Å². The number of hydrogen-bond donors (Lipinski definition) is 1. The lowest BCUT2D eigenvalue weighted by Crippen LogP contribution is -2.44. The molecule has 1 aliphatic rings. The van der Waals surface area contributed by atoms with Crippen molar-refractivity contribution in [3.8, 4) is 11.8 Å². The van der Waals surface area contributed by atoms with Crippen molar-refractivity contribution in [3.63, 3.8) is 0 Å². The molecule has 7 nitrogen and oxygen atoms in total.